The van der Waals surface area contributed by atoms with Crippen molar-refractivity contribution in [1.29, 1.82) is 0 Å². The van der Waals surface area contributed by atoms with E-state index in [1.54, 1.807) is 0 Å². The fourth-order valence-electron chi connectivity index (χ4n) is 3.37. The predicted molar refractivity (Wildman–Crippen MR) is 75.5 cm³/mol. The smallest absolute Gasteiger partial charge is 0.134 e. The van der Waals surface area contributed by atoms with E-state index in [1.165, 1.54) is 0 Å². The van der Waals surface area contributed by atoms with Crippen LogP contribution in [0.4, 0.5) is 5.82 Å². The Morgan fingerprint density at radius 2 is 2.21 bits per heavy atom. The number of nitrogens with zero attached hydrogens (tertiary/aromatic N) is 3. The van der Waals surface area contributed by atoms with Crippen molar-refractivity contribution >= 4 is 17.4 Å². The van der Waals surface area contributed by atoms with Crippen LogP contribution in [0, 0.1) is 11.8 Å². The van der Waals surface area contributed by atoms with Crippen LogP contribution < -0.4 is 4.90 Å². The fraction of sp³-hybridized carbons (Fsp3) is 0.714. The number of aliphatic hydroxyl groups excluding tert-OH is 1. The maximum Gasteiger partial charge on any atom is 0.134 e. The van der Waals surface area contributed by atoms with E-state index in [9.17, 15) is 5.11 Å². The summed E-state index contributed by atoms with van der Waals surface area (Å²) in [6.45, 7) is 3.99. The number of hydrogen-bond acceptors (Lipinski definition) is 4. The predicted octanol–water partition coefficient (Wildman–Crippen LogP) is 2.29. The molecule has 0 aromatic carbocycles. The molecule has 1 N–H and O–H groups in total. The maximum absolute atomic E-state index is 9.97. The summed E-state index contributed by atoms with van der Waals surface area (Å²) >= 11 is 6.09. The molecule has 4 nitrogen and oxygen atoms in total. The Morgan fingerprint density at radius 3 is 2.95 bits per heavy atom. The van der Waals surface area contributed by atoms with Crippen LogP contribution in [-0.4, -0.2) is 34.3 Å². The van der Waals surface area contributed by atoms with E-state index in [0.717, 1.165) is 50.4 Å². The van der Waals surface area contributed by atoms with Crippen LogP contribution in [0.1, 0.15) is 32.0 Å². The molecule has 0 bridgehead atoms. The maximum atomic E-state index is 9.97. The lowest BCUT2D eigenvalue weighted by molar-refractivity contribution is 0.133. The van der Waals surface area contributed by atoms with Crippen molar-refractivity contribution in [2.24, 2.45) is 11.8 Å². The summed E-state index contributed by atoms with van der Waals surface area (Å²) in [5.74, 6) is 2.76. The van der Waals surface area contributed by atoms with E-state index in [4.69, 9.17) is 11.6 Å². The van der Waals surface area contributed by atoms with Gasteiger partial charge in [-0.05, 0) is 25.2 Å². The largest absolute Gasteiger partial charge is 0.393 e. The van der Waals surface area contributed by atoms with Gasteiger partial charge in [-0.25, -0.2) is 9.97 Å². The minimum atomic E-state index is -0.137. The highest BCUT2D eigenvalue weighted by molar-refractivity contribution is 6.29. The second-order valence-electron chi connectivity index (χ2n) is 5.69. The molecule has 2 aliphatic rings. The van der Waals surface area contributed by atoms with E-state index in [0.29, 0.717) is 17.0 Å². The number of aromatic nitrogens is 2. The van der Waals surface area contributed by atoms with Crippen LogP contribution >= 0.6 is 11.6 Å². The van der Waals surface area contributed by atoms with Crippen molar-refractivity contribution in [1.82, 2.24) is 9.97 Å². The highest BCUT2D eigenvalue weighted by atomic mass is 35.5. The Kier molecular flexibility index (Phi) is 3.63. The standard InChI is InChI=1S/C14H20ClN3O/c1-2-3-13-16-12(15)6-14(17-13)18-7-9-4-5-11(19)10(9)8-18/h6,9-11,19H,2-5,7-8H2,1H3. The second-order valence-corrected chi connectivity index (χ2v) is 6.08. The molecule has 3 unspecified atom stereocenters. The Morgan fingerprint density at radius 1 is 1.37 bits per heavy atom. The summed E-state index contributed by atoms with van der Waals surface area (Å²) in [6.07, 6.45) is 3.82. The van der Waals surface area contributed by atoms with Gasteiger partial charge in [0.25, 0.3) is 0 Å². The summed E-state index contributed by atoms with van der Waals surface area (Å²) in [5, 5.41) is 10.5. The van der Waals surface area contributed by atoms with E-state index < -0.39 is 0 Å². The molecule has 5 heteroatoms. The first-order valence-corrected chi connectivity index (χ1v) is 7.51. The highest BCUT2D eigenvalue weighted by Gasteiger charge is 2.42. The van der Waals surface area contributed by atoms with Crippen molar-refractivity contribution in [3.05, 3.63) is 17.0 Å². The van der Waals surface area contributed by atoms with Gasteiger partial charge in [0.15, 0.2) is 0 Å². The zero-order valence-corrected chi connectivity index (χ0v) is 12.0. The van der Waals surface area contributed by atoms with Gasteiger partial charge in [-0.15, -0.1) is 0 Å². The minimum Gasteiger partial charge on any atom is -0.393 e. The van der Waals surface area contributed by atoms with Gasteiger partial charge < -0.3 is 10.0 Å². The lowest BCUT2D eigenvalue weighted by Crippen LogP contribution is -2.25. The molecule has 2 fully saturated rings. The number of aryl methyl sites for hydroxylation is 1. The topological polar surface area (TPSA) is 49.2 Å². The van der Waals surface area contributed by atoms with Gasteiger partial charge >= 0.3 is 0 Å². The van der Waals surface area contributed by atoms with Gasteiger partial charge in [-0.1, -0.05) is 18.5 Å². The van der Waals surface area contributed by atoms with Crippen molar-refractivity contribution < 1.29 is 5.11 Å². The third-order valence-electron chi connectivity index (χ3n) is 4.34. The summed E-state index contributed by atoms with van der Waals surface area (Å²) in [4.78, 5) is 11.1. The Bertz CT molecular complexity index is 468. The van der Waals surface area contributed by atoms with Crippen LogP contribution in [0.2, 0.25) is 5.15 Å². The normalized spacial score (nSPS) is 29.8. The number of anilines is 1. The number of aliphatic hydroxyl groups is 1. The Balaban J connectivity index is 1.79. The Labute approximate surface area is 118 Å². The van der Waals surface area contributed by atoms with Crippen LogP contribution in [0.3, 0.4) is 0 Å². The third kappa shape index (κ3) is 2.56. The van der Waals surface area contributed by atoms with Crippen LogP contribution in [0.5, 0.6) is 0 Å². The molecule has 0 spiro atoms. The average molecular weight is 282 g/mol. The molecule has 1 aliphatic heterocycles. The third-order valence-corrected chi connectivity index (χ3v) is 4.54. The zero-order valence-electron chi connectivity index (χ0n) is 11.2. The molecule has 19 heavy (non-hydrogen) atoms. The van der Waals surface area contributed by atoms with Crippen LogP contribution in [-0.2, 0) is 6.42 Å². The SMILES string of the molecule is CCCc1nc(Cl)cc(N2CC3CCC(O)C3C2)n1. The van der Waals surface area contributed by atoms with Gasteiger partial charge in [0.2, 0.25) is 0 Å². The van der Waals surface area contributed by atoms with Gasteiger partial charge in [-0.3, -0.25) is 0 Å². The molecule has 1 aromatic heterocycles. The second kappa shape index (κ2) is 5.25. The summed E-state index contributed by atoms with van der Waals surface area (Å²) < 4.78 is 0. The average Bonchev–Trinajstić information content (AvgIpc) is 2.92. The molecule has 1 aromatic rings. The first-order chi connectivity index (χ1) is 9.17. The van der Waals surface area contributed by atoms with Crippen molar-refractivity contribution in [3.8, 4) is 0 Å². The zero-order chi connectivity index (χ0) is 13.4. The molecule has 0 amide bonds. The summed E-state index contributed by atoms with van der Waals surface area (Å²) in [5.41, 5.74) is 0. The first kappa shape index (κ1) is 13.1. The van der Waals surface area contributed by atoms with Gasteiger partial charge in [0, 0.05) is 31.5 Å². The number of rotatable bonds is 3. The van der Waals surface area contributed by atoms with Crippen molar-refractivity contribution in [2.45, 2.75) is 38.7 Å². The lowest BCUT2D eigenvalue weighted by Gasteiger charge is -2.20. The molecule has 1 saturated carbocycles. The molecule has 3 atom stereocenters. The molecule has 0 radical (unpaired) electrons. The Hall–Kier alpha value is -0.870. The van der Waals surface area contributed by atoms with Gasteiger partial charge in [0.05, 0.1) is 6.10 Å². The molecule has 104 valence electrons. The number of halogens is 1. The molecule has 3 rings (SSSR count). The van der Waals surface area contributed by atoms with Crippen LogP contribution in [0.15, 0.2) is 6.07 Å². The van der Waals surface area contributed by atoms with Crippen molar-refractivity contribution in [3.63, 3.8) is 0 Å². The summed E-state index contributed by atoms with van der Waals surface area (Å²) in [6, 6.07) is 1.84. The molecule has 1 saturated heterocycles. The highest BCUT2D eigenvalue weighted by Crippen LogP contribution is 2.39. The van der Waals surface area contributed by atoms with E-state index in [2.05, 4.69) is 21.8 Å². The molecule has 2 heterocycles. The summed E-state index contributed by atoms with van der Waals surface area (Å²) in [7, 11) is 0. The quantitative estimate of drug-likeness (QED) is 0.864. The van der Waals surface area contributed by atoms with E-state index >= 15 is 0 Å². The van der Waals surface area contributed by atoms with E-state index in [1.807, 2.05) is 6.07 Å². The number of hydrogen-bond donors (Lipinski definition) is 1. The van der Waals surface area contributed by atoms with Crippen molar-refractivity contribution in [2.75, 3.05) is 18.0 Å². The fourth-order valence-corrected chi connectivity index (χ4v) is 3.57. The molecule has 1 aliphatic carbocycles. The molecular formula is C14H20ClN3O. The van der Waals surface area contributed by atoms with Gasteiger partial charge in [-0.2, -0.15) is 0 Å². The van der Waals surface area contributed by atoms with Crippen LogP contribution in [0.25, 0.3) is 0 Å². The van der Waals surface area contributed by atoms with E-state index in [-0.39, 0.29) is 6.10 Å². The van der Waals surface area contributed by atoms with Gasteiger partial charge in [0.1, 0.15) is 16.8 Å². The monoisotopic (exact) mass is 281 g/mol. The number of fused-ring (bicyclic) bond motifs is 1. The first-order valence-electron chi connectivity index (χ1n) is 7.14. The lowest BCUT2D eigenvalue weighted by atomic mass is 10.00. The minimum absolute atomic E-state index is 0.137. The molecular weight excluding hydrogens is 262 g/mol.